The lowest BCUT2D eigenvalue weighted by Gasteiger charge is -2.07. The normalized spacial score (nSPS) is 15.7. The highest BCUT2D eigenvalue weighted by Gasteiger charge is 2.28. The number of methoxy groups -OCH3 is 1. The molecule has 27 heavy (non-hydrogen) atoms. The van der Waals surface area contributed by atoms with Gasteiger partial charge in [0.15, 0.2) is 0 Å². The fraction of sp³-hybridized carbons (Fsp3) is 0.250. The largest absolute Gasteiger partial charge is 0.497 e. The number of aryl methyl sites for hydroxylation is 1. The number of hydrogen-bond acceptors (Lipinski definition) is 5. The molecule has 0 saturated heterocycles. The summed E-state index contributed by atoms with van der Waals surface area (Å²) >= 11 is 0. The van der Waals surface area contributed by atoms with Gasteiger partial charge in [0.25, 0.3) is 5.91 Å². The van der Waals surface area contributed by atoms with Crippen LogP contribution in [-0.4, -0.2) is 30.9 Å². The first-order valence-electron chi connectivity index (χ1n) is 8.76. The number of anilines is 2. The van der Waals surface area contributed by atoms with E-state index in [4.69, 9.17) is 4.74 Å². The van der Waals surface area contributed by atoms with Crippen molar-refractivity contribution in [2.24, 2.45) is 4.99 Å². The van der Waals surface area contributed by atoms with Crippen LogP contribution in [-0.2, 0) is 16.0 Å². The molecule has 0 saturated carbocycles. The monoisotopic (exact) mass is 366 g/mol. The molecule has 1 heterocycles. The van der Waals surface area contributed by atoms with Crippen molar-refractivity contribution in [1.29, 1.82) is 0 Å². The van der Waals surface area contributed by atoms with Crippen molar-refractivity contribution in [2.75, 3.05) is 17.7 Å². The second kappa shape index (κ2) is 8.35. The van der Waals surface area contributed by atoms with Crippen molar-refractivity contribution in [3.8, 4) is 5.75 Å². The molecule has 0 bridgehead atoms. The molecule has 3 rings (SSSR count). The second-order valence-electron chi connectivity index (χ2n) is 6.14. The second-order valence-corrected chi connectivity index (χ2v) is 6.14. The van der Waals surface area contributed by atoms with Crippen LogP contribution < -0.4 is 20.7 Å². The summed E-state index contributed by atoms with van der Waals surface area (Å²) in [7, 11) is 1.58. The van der Waals surface area contributed by atoms with Crippen LogP contribution in [0, 0.1) is 0 Å². The van der Waals surface area contributed by atoms with Gasteiger partial charge in [-0.1, -0.05) is 19.1 Å². The van der Waals surface area contributed by atoms with E-state index in [1.165, 1.54) is 5.56 Å². The topological polar surface area (TPSA) is 91.8 Å². The molecule has 0 spiro atoms. The predicted molar refractivity (Wildman–Crippen MR) is 105 cm³/mol. The van der Waals surface area contributed by atoms with Gasteiger partial charge < -0.3 is 15.4 Å². The number of nitrogens with one attached hydrogen (secondary N) is 3. The van der Waals surface area contributed by atoms with Gasteiger partial charge in [-0.2, -0.15) is 0 Å². The van der Waals surface area contributed by atoms with E-state index < -0.39 is 6.04 Å². The predicted octanol–water partition coefficient (Wildman–Crippen LogP) is 2.55. The van der Waals surface area contributed by atoms with E-state index >= 15 is 0 Å². The van der Waals surface area contributed by atoms with E-state index in [2.05, 4.69) is 27.9 Å². The van der Waals surface area contributed by atoms with Gasteiger partial charge in [-0.3, -0.25) is 14.9 Å². The maximum atomic E-state index is 12.2. The van der Waals surface area contributed by atoms with Gasteiger partial charge >= 0.3 is 0 Å². The van der Waals surface area contributed by atoms with Gasteiger partial charge in [0, 0.05) is 11.4 Å². The quantitative estimate of drug-likeness (QED) is 0.733. The number of nitrogens with zero attached hydrogens (tertiary/aromatic N) is 1. The minimum Gasteiger partial charge on any atom is -0.497 e. The summed E-state index contributed by atoms with van der Waals surface area (Å²) in [5.74, 6) is 0.479. The molecular weight excluding hydrogens is 344 g/mol. The summed E-state index contributed by atoms with van der Waals surface area (Å²) in [6, 6.07) is 14.1. The van der Waals surface area contributed by atoms with E-state index in [-0.39, 0.29) is 18.2 Å². The first-order valence-corrected chi connectivity index (χ1v) is 8.76. The number of rotatable bonds is 6. The maximum Gasteiger partial charge on any atom is 0.252 e. The molecule has 2 aromatic carbocycles. The zero-order chi connectivity index (χ0) is 19.2. The highest BCUT2D eigenvalue weighted by atomic mass is 16.5. The Labute approximate surface area is 157 Å². The van der Waals surface area contributed by atoms with Crippen LogP contribution in [0.2, 0.25) is 0 Å². The SMILES string of the molecule is CCc1ccc(NC2=N[C@H](CC(=O)Nc3ccc(OC)cc3)C(=O)N2)cc1. The van der Waals surface area contributed by atoms with Crippen molar-refractivity contribution < 1.29 is 14.3 Å². The van der Waals surface area contributed by atoms with E-state index in [1.54, 1.807) is 31.4 Å². The van der Waals surface area contributed by atoms with Gasteiger partial charge in [-0.25, -0.2) is 4.99 Å². The van der Waals surface area contributed by atoms with Crippen LogP contribution >= 0.6 is 0 Å². The fourth-order valence-electron chi connectivity index (χ4n) is 2.67. The Morgan fingerprint density at radius 3 is 2.41 bits per heavy atom. The molecule has 7 nitrogen and oxygen atoms in total. The zero-order valence-electron chi connectivity index (χ0n) is 15.3. The smallest absolute Gasteiger partial charge is 0.252 e. The Kier molecular flexibility index (Phi) is 5.71. The van der Waals surface area contributed by atoms with Gasteiger partial charge in [-0.15, -0.1) is 0 Å². The van der Waals surface area contributed by atoms with Crippen molar-refractivity contribution >= 4 is 29.1 Å². The Hall–Kier alpha value is -3.35. The Morgan fingerprint density at radius 1 is 1.11 bits per heavy atom. The van der Waals surface area contributed by atoms with Crippen molar-refractivity contribution in [3.05, 3.63) is 54.1 Å². The number of carbonyl (C=O) groups is 2. The summed E-state index contributed by atoms with van der Waals surface area (Å²) in [6.07, 6.45) is 0.932. The molecule has 1 atom stereocenters. The Morgan fingerprint density at radius 2 is 1.78 bits per heavy atom. The minimum atomic E-state index is -0.749. The van der Waals surface area contributed by atoms with Crippen LogP contribution in [0.25, 0.3) is 0 Å². The molecule has 7 heteroatoms. The summed E-state index contributed by atoms with van der Waals surface area (Å²) in [6.45, 7) is 2.09. The highest BCUT2D eigenvalue weighted by Crippen LogP contribution is 2.16. The number of aliphatic imine (C=N–C) groups is 1. The van der Waals surface area contributed by atoms with Crippen LogP contribution in [0.3, 0.4) is 0 Å². The molecule has 1 aliphatic heterocycles. The summed E-state index contributed by atoms with van der Waals surface area (Å²) in [5.41, 5.74) is 2.69. The van der Waals surface area contributed by atoms with Crippen molar-refractivity contribution in [3.63, 3.8) is 0 Å². The maximum absolute atomic E-state index is 12.2. The molecule has 3 N–H and O–H groups in total. The molecule has 2 amide bonds. The van der Waals surface area contributed by atoms with Crippen LogP contribution in [0.1, 0.15) is 18.9 Å². The Balaban J connectivity index is 1.57. The number of benzene rings is 2. The van der Waals surface area contributed by atoms with E-state index in [9.17, 15) is 9.59 Å². The molecule has 0 aromatic heterocycles. The number of ether oxygens (including phenoxy) is 1. The lowest BCUT2D eigenvalue weighted by atomic mass is 10.1. The molecular formula is C20H22N4O3. The lowest BCUT2D eigenvalue weighted by Crippen LogP contribution is -2.33. The molecule has 0 aliphatic carbocycles. The standard InChI is InChI=1S/C20H22N4O3/c1-3-13-4-6-15(7-5-13)22-20-23-17(19(26)24-20)12-18(25)21-14-8-10-16(27-2)11-9-14/h4-11,17H,3,12H2,1-2H3,(H,21,25)(H2,22,23,24,26)/t17-/m1/s1. The average molecular weight is 366 g/mol. The lowest BCUT2D eigenvalue weighted by molar-refractivity contribution is -0.123. The van der Waals surface area contributed by atoms with Crippen LogP contribution in [0.15, 0.2) is 53.5 Å². The van der Waals surface area contributed by atoms with E-state index in [0.29, 0.717) is 17.4 Å². The number of carbonyl (C=O) groups excluding carboxylic acids is 2. The van der Waals surface area contributed by atoms with E-state index in [0.717, 1.165) is 12.1 Å². The van der Waals surface area contributed by atoms with Crippen molar-refractivity contribution in [2.45, 2.75) is 25.8 Å². The van der Waals surface area contributed by atoms with Gasteiger partial charge in [0.2, 0.25) is 11.9 Å². The van der Waals surface area contributed by atoms with Crippen molar-refractivity contribution in [1.82, 2.24) is 5.32 Å². The van der Waals surface area contributed by atoms with Gasteiger partial charge in [0.1, 0.15) is 11.8 Å². The first kappa shape index (κ1) is 18.4. The van der Waals surface area contributed by atoms with Crippen LogP contribution in [0.5, 0.6) is 5.75 Å². The molecule has 1 aliphatic rings. The van der Waals surface area contributed by atoms with Gasteiger partial charge in [0.05, 0.1) is 13.5 Å². The number of hydrogen-bond donors (Lipinski definition) is 3. The molecule has 0 radical (unpaired) electrons. The third-order valence-electron chi connectivity index (χ3n) is 4.21. The fourth-order valence-corrected chi connectivity index (χ4v) is 2.67. The average Bonchev–Trinajstić information content (AvgIpc) is 3.01. The molecule has 0 unspecified atom stereocenters. The molecule has 2 aromatic rings. The summed E-state index contributed by atoms with van der Waals surface area (Å²) < 4.78 is 5.08. The number of guanidine groups is 1. The highest BCUT2D eigenvalue weighted by molar-refractivity contribution is 6.11. The minimum absolute atomic E-state index is 0.0299. The summed E-state index contributed by atoms with van der Waals surface area (Å²) in [4.78, 5) is 28.6. The van der Waals surface area contributed by atoms with E-state index in [1.807, 2.05) is 24.3 Å². The summed E-state index contributed by atoms with van der Waals surface area (Å²) in [5, 5.41) is 8.48. The first-order chi connectivity index (χ1) is 13.1. The number of amides is 2. The molecule has 140 valence electrons. The van der Waals surface area contributed by atoms with Gasteiger partial charge in [-0.05, 0) is 48.4 Å². The third-order valence-corrected chi connectivity index (χ3v) is 4.21. The third kappa shape index (κ3) is 4.84. The Bertz CT molecular complexity index is 845. The molecule has 0 fully saturated rings. The van der Waals surface area contributed by atoms with Crippen LogP contribution in [0.4, 0.5) is 11.4 Å². The zero-order valence-corrected chi connectivity index (χ0v) is 15.3.